The van der Waals surface area contributed by atoms with E-state index in [-0.39, 0.29) is 39.1 Å². The zero-order chi connectivity index (χ0) is 25.7. The molecule has 12 heteroatoms. The molecule has 2 aromatic carbocycles. The minimum atomic E-state index is -3.17. The van der Waals surface area contributed by atoms with Crippen LogP contribution in [0, 0.1) is 5.82 Å². The Morgan fingerprint density at radius 1 is 1.11 bits per heavy atom. The first-order valence-corrected chi connectivity index (χ1v) is 11.4. The molecule has 0 aromatic heterocycles. The number of Topliss-reactive ketones (excluding diaryl/α,β-unsaturated/α-hetero) is 1. The van der Waals surface area contributed by atoms with Crippen molar-refractivity contribution in [2.45, 2.75) is 12.5 Å². The molecule has 2 amide bonds. The number of anilines is 2. The Hall–Kier alpha value is -3.64. The number of hydroxylamine groups is 2. The SMILES string of the molecule is O=C(CN1CCN(c2ccc(N3C[C@H](CNC(=O)C(F)F)OC3=O)cc2F)CCO1)c1ccccc1.[HH]. The van der Waals surface area contributed by atoms with Crippen molar-refractivity contribution >= 4 is 29.2 Å². The molecule has 36 heavy (non-hydrogen) atoms. The fraction of sp³-hybridized carbons (Fsp3) is 0.375. The molecule has 0 saturated carbocycles. The number of carbonyl (C=O) groups excluding carboxylic acids is 3. The van der Waals surface area contributed by atoms with Gasteiger partial charge < -0.3 is 15.0 Å². The minimum absolute atomic E-state index is 0. The molecule has 2 fully saturated rings. The van der Waals surface area contributed by atoms with E-state index in [1.54, 1.807) is 40.3 Å². The highest BCUT2D eigenvalue weighted by atomic mass is 19.3. The summed E-state index contributed by atoms with van der Waals surface area (Å²) in [5, 5.41) is 3.56. The van der Waals surface area contributed by atoms with Crippen molar-refractivity contribution in [2.24, 2.45) is 0 Å². The van der Waals surface area contributed by atoms with Gasteiger partial charge in [-0.15, -0.1) is 0 Å². The number of carbonyl (C=O) groups is 3. The van der Waals surface area contributed by atoms with E-state index in [0.29, 0.717) is 30.9 Å². The predicted octanol–water partition coefficient (Wildman–Crippen LogP) is 2.71. The Morgan fingerprint density at radius 2 is 1.89 bits per heavy atom. The molecular weight excluding hydrogens is 481 g/mol. The molecule has 2 aliphatic heterocycles. The van der Waals surface area contributed by atoms with Crippen LogP contribution in [0.4, 0.5) is 29.3 Å². The first-order chi connectivity index (χ1) is 17.3. The van der Waals surface area contributed by atoms with Gasteiger partial charge in [0.2, 0.25) is 0 Å². The van der Waals surface area contributed by atoms with Crippen molar-refractivity contribution in [3.63, 3.8) is 0 Å². The summed E-state index contributed by atoms with van der Waals surface area (Å²) in [6, 6.07) is 13.2. The fourth-order valence-corrected chi connectivity index (χ4v) is 3.98. The van der Waals surface area contributed by atoms with Crippen LogP contribution < -0.4 is 15.1 Å². The van der Waals surface area contributed by atoms with Gasteiger partial charge in [0.1, 0.15) is 11.9 Å². The summed E-state index contributed by atoms with van der Waals surface area (Å²) < 4.78 is 44.8. The highest BCUT2D eigenvalue weighted by molar-refractivity contribution is 5.97. The number of hydrogen-bond donors (Lipinski definition) is 1. The zero-order valence-electron chi connectivity index (χ0n) is 19.2. The number of amides is 2. The topological polar surface area (TPSA) is 91.4 Å². The lowest BCUT2D eigenvalue weighted by Crippen LogP contribution is -2.37. The molecule has 1 atom stereocenters. The fourth-order valence-electron chi connectivity index (χ4n) is 3.98. The summed E-state index contributed by atoms with van der Waals surface area (Å²) in [4.78, 5) is 44.3. The third kappa shape index (κ3) is 6.13. The summed E-state index contributed by atoms with van der Waals surface area (Å²) in [6.07, 6.45) is -4.77. The number of benzene rings is 2. The number of rotatable bonds is 8. The highest BCUT2D eigenvalue weighted by Crippen LogP contribution is 2.28. The number of nitrogens with zero attached hydrogens (tertiary/aromatic N) is 3. The van der Waals surface area contributed by atoms with E-state index in [4.69, 9.17) is 9.57 Å². The number of halogens is 3. The van der Waals surface area contributed by atoms with Crippen molar-refractivity contribution in [3.8, 4) is 0 Å². The Kier molecular flexibility index (Phi) is 8.06. The van der Waals surface area contributed by atoms with Gasteiger partial charge in [-0.1, -0.05) is 30.3 Å². The van der Waals surface area contributed by atoms with Gasteiger partial charge in [0.15, 0.2) is 5.78 Å². The molecule has 0 aliphatic carbocycles. The second-order valence-corrected chi connectivity index (χ2v) is 8.27. The standard InChI is InChI=1S/C24H25F3N4O5.H2/c25-19-12-17(31-14-18(36-24(31)34)13-28-23(33)22(26)27)6-7-20(19)29-8-9-30(35-11-10-29)15-21(32)16-4-2-1-3-5-16;/h1-7,12,18,22H,8-11,13-15H2,(H,28,33);1H/t18-;/m0./s1. The van der Waals surface area contributed by atoms with Crippen LogP contribution in [-0.2, 0) is 14.4 Å². The number of hydrogen-bond acceptors (Lipinski definition) is 7. The maximum absolute atomic E-state index is 15.0. The Balaban J connectivity index is 0.00000380. The summed E-state index contributed by atoms with van der Waals surface area (Å²) in [5.74, 6) is -2.10. The molecule has 9 nitrogen and oxygen atoms in total. The number of nitrogens with one attached hydrogen (secondary N) is 1. The highest BCUT2D eigenvalue weighted by Gasteiger charge is 2.33. The summed E-state index contributed by atoms with van der Waals surface area (Å²) in [6.45, 7) is 1.22. The van der Waals surface area contributed by atoms with Gasteiger partial charge in [-0.05, 0) is 18.2 Å². The van der Waals surface area contributed by atoms with Crippen LogP contribution in [0.25, 0.3) is 0 Å². The monoisotopic (exact) mass is 508 g/mol. The largest absolute Gasteiger partial charge is 0.442 e. The molecule has 0 bridgehead atoms. The molecule has 2 aliphatic rings. The van der Waals surface area contributed by atoms with Crippen LogP contribution in [0.1, 0.15) is 11.8 Å². The second-order valence-electron chi connectivity index (χ2n) is 8.27. The average molecular weight is 508 g/mol. The van der Waals surface area contributed by atoms with Gasteiger partial charge in [-0.3, -0.25) is 19.3 Å². The van der Waals surface area contributed by atoms with Crippen LogP contribution >= 0.6 is 0 Å². The van der Waals surface area contributed by atoms with E-state index in [1.165, 1.54) is 17.0 Å². The maximum atomic E-state index is 15.0. The Bertz CT molecular complexity index is 1110. The third-order valence-corrected chi connectivity index (χ3v) is 5.83. The quantitative estimate of drug-likeness (QED) is 0.549. The molecule has 0 unspecified atom stereocenters. The van der Waals surface area contributed by atoms with Crippen molar-refractivity contribution in [1.29, 1.82) is 0 Å². The van der Waals surface area contributed by atoms with Crippen molar-refractivity contribution in [1.82, 2.24) is 10.4 Å². The summed E-state index contributed by atoms with van der Waals surface area (Å²) in [7, 11) is 0. The Labute approximate surface area is 206 Å². The van der Waals surface area contributed by atoms with Crippen LogP contribution in [0.2, 0.25) is 0 Å². The molecule has 194 valence electrons. The number of ether oxygens (including phenoxy) is 1. The molecule has 1 N–H and O–H groups in total. The van der Waals surface area contributed by atoms with Crippen molar-refractivity contribution in [2.75, 3.05) is 55.7 Å². The molecule has 2 saturated heterocycles. The van der Waals surface area contributed by atoms with Crippen LogP contribution in [0.15, 0.2) is 48.5 Å². The van der Waals surface area contributed by atoms with E-state index in [1.807, 2.05) is 11.4 Å². The first-order valence-electron chi connectivity index (χ1n) is 11.4. The molecule has 2 aromatic rings. The van der Waals surface area contributed by atoms with Gasteiger partial charge in [0.05, 0.1) is 37.6 Å². The molecule has 0 radical (unpaired) electrons. The Morgan fingerprint density at radius 3 is 2.61 bits per heavy atom. The van der Waals surface area contributed by atoms with E-state index < -0.39 is 30.3 Å². The van der Waals surface area contributed by atoms with Gasteiger partial charge in [0, 0.05) is 26.6 Å². The molecular formula is C24H27F3N4O5. The van der Waals surface area contributed by atoms with Gasteiger partial charge in [-0.2, -0.15) is 13.8 Å². The van der Waals surface area contributed by atoms with Gasteiger partial charge in [0.25, 0.3) is 5.91 Å². The normalized spacial score (nSPS) is 18.8. The zero-order valence-corrected chi connectivity index (χ0v) is 19.2. The maximum Gasteiger partial charge on any atom is 0.414 e. The smallest absolute Gasteiger partial charge is 0.414 e. The third-order valence-electron chi connectivity index (χ3n) is 5.83. The number of ketones is 1. The lowest BCUT2D eigenvalue weighted by atomic mass is 10.1. The van der Waals surface area contributed by atoms with Crippen LogP contribution in [0.5, 0.6) is 0 Å². The second kappa shape index (κ2) is 11.4. The lowest BCUT2D eigenvalue weighted by molar-refractivity contribution is -0.139. The summed E-state index contributed by atoms with van der Waals surface area (Å²) >= 11 is 0. The average Bonchev–Trinajstić information content (AvgIpc) is 3.09. The number of alkyl halides is 2. The number of cyclic esters (lactones) is 1. The van der Waals surface area contributed by atoms with Gasteiger partial charge >= 0.3 is 12.5 Å². The van der Waals surface area contributed by atoms with Gasteiger partial charge in [-0.25, -0.2) is 9.18 Å². The summed E-state index contributed by atoms with van der Waals surface area (Å²) in [5.41, 5.74) is 1.14. The van der Waals surface area contributed by atoms with Crippen molar-refractivity contribution in [3.05, 3.63) is 59.9 Å². The lowest BCUT2D eigenvalue weighted by Gasteiger charge is -2.24. The van der Waals surface area contributed by atoms with Crippen LogP contribution in [-0.4, -0.2) is 81.3 Å². The molecule has 0 spiro atoms. The van der Waals surface area contributed by atoms with Crippen molar-refractivity contribution < 1.29 is 38.6 Å². The van der Waals surface area contributed by atoms with Crippen LogP contribution in [0.3, 0.4) is 0 Å². The van der Waals surface area contributed by atoms with E-state index >= 15 is 4.39 Å². The van der Waals surface area contributed by atoms with E-state index in [0.717, 1.165) is 0 Å². The predicted molar refractivity (Wildman–Crippen MR) is 126 cm³/mol. The molecule has 2 heterocycles. The molecule has 4 rings (SSSR count). The first kappa shape index (κ1) is 25.5. The van der Waals surface area contributed by atoms with E-state index in [2.05, 4.69) is 0 Å². The minimum Gasteiger partial charge on any atom is -0.442 e. The van der Waals surface area contributed by atoms with E-state index in [9.17, 15) is 23.2 Å².